The Labute approximate surface area is 157 Å². The van der Waals surface area contributed by atoms with Gasteiger partial charge in [-0.1, -0.05) is 36.4 Å². The van der Waals surface area contributed by atoms with Crippen molar-refractivity contribution >= 4 is 22.8 Å². The number of nitrogens with one attached hydrogen (secondary N) is 1. The van der Waals surface area contributed by atoms with Crippen molar-refractivity contribution < 1.29 is 9.90 Å². The van der Waals surface area contributed by atoms with Crippen molar-refractivity contribution in [2.24, 2.45) is 5.92 Å². The molecule has 138 valence electrons. The molecule has 4 rings (SSSR count). The summed E-state index contributed by atoms with van der Waals surface area (Å²) in [6.07, 6.45) is 1.76. The number of aromatic nitrogens is 2. The second-order valence-electron chi connectivity index (χ2n) is 6.97. The van der Waals surface area contributed by atoms with Crippen LogP contribution in [0.15, 0.2) is 54.7 Å². The average molecular weight is 362 g/mol. The predicted molar refractivity (Wildman–Crippen MR) is 106 cm³/mol. The van der Waals surface area contributed by atoms with Gasteiger partial charge < -0.3 is 15.3 Å². The summed E-state index contributed by atoms with van der Waals surface area (Å²) in [5.74, 6) is 0.829. The Hall–Kier alpha value is -3.15. The topological polar surface area (TPSA) is 78.4 Å². The lowest BCUT2D eigenvalue weighted by Gasteiger charge is -2.22. The van der Waals surface area contributed by atoms with Crippen molar-refractivity contribution in [1.29, 1.82) is 0 Å². The largest absolute Gasteiger partial charge is 0.465 e. The third-order valence-corrected chi connectivity index (χ3v) is 5.38. The van der Waals surface area contributed by atoms with Gasteiger partial charge in [0.2, 0.25) is 5.95 Å². The third-order valence-electron chi connectivity index (χ3n) is 5.38. The van der Waals surface area contributed by atoms with Crippen LogP contribution in [0.5, 0.6) is 0 Å². The molecule has 0 spiro atoms. The van der Waals surface area contributed by atoms with Crippen LogP contribution in [0.3, 0.4) is 0 Å². The lowest BCUT2D eigenvalue weighted by Crippen LogP contribution is -2.36. The van der Waals surface area contributed by atoms with Crippen LogP contribution in [0.25, 0.3) is 22.0 Å². The molecule has 1 unspecified atom stereocenters. The highest BCUT2D eigenvalue weighted by molar-refractivity contribution is 5.86. The molecule has 6 nitrogen and oxygen atoms in total. The summed E-state index contributed by atoms with van der Waals surface area (Å²) in [5.41, 5.74) is 1.91. The van der Waals surface area contributed by atoms with Gasteiger partial charge in [0, 0.05) is 30.9 Å². The number of amides is 1. The minimum Gasteiger partial charge on any atom is -0.465 e. The first kappa shape index (κ1) is 17.3. The molecular weight excluding hydrogens is 340 g/mol. The summed E-state index contributed by atoms with van der Waals surface area (Å²) >= 11 is 0. The van der Waals surface area contributed by atoms with Crippen LogP contribution in [0, 0.1) is 5.92 Å². The van der Waals surface area contributed by atoms with Crippen molar-refractivity contribution in [3.8, 4) is 11.3 Å². The number of anilines is 1. The van der Waals surface area contributed by atoms with E-state index in [1.54, 1.807) is 6.20 Å². The molecule has 1 aliphatic heterocycles. The zero-order valence-electron chi connectivity index (χ0n) is 15.2. The zero-order chi connectivity index (χ0) is 18.8. The molecule has 0 radical (unpaired) electrons. The van der Waals surface area contributed by atoms with E-state index >= 15 is 0 Å². The van der Waals surface area contributed by atoms with Gasteiger partial charge in [-0.25, -0.2) is 14.8 Å². The van der Waals surface area contributed by atoms with E-state index in [9.17, 15) is 9.90 Å². The Balaban J connectivity index is 1.48. The highest BCUT2D eigenvalue weighted by Gasteiger charge is 2.33. The number of nitrogens with zero attached hydrogens (tertiary/aromatic N) is 3. The molecule has 1 aliphatic rings. The van der Waals surface area contributed by atoms with Crippen LogP contribution in [0.2, 0.25) is 0 Å². The number of likely N-dealkylation sites (tertiary alicyclic amines) is 1. The number of hydrogen-bond donors (Lipinski definition) is 2. The number of rotatable bonds is 4. The predicted octanol–water partition coefficient (Wildman–Crippen LogP) is 4.10. The Bertz CT molecular complexity index is 975. The first-order chi connectivity index (χ1) is 13.1. The van der Waals surface area contributed by atoms with Gasteiger partial charge >= 0.3 is 6.09 Å². The lowest BCUT2D eigenvalue weighted by atomic mass is 10.0. The zero-order valence-corrected chi connectivity index (χ0v) is 15.2. The quantitative estimate of drug-likeness (QED) is 0.731. The van der Waals surface area contributed by atoms with E-state index < -0.39 is 6.09 Å². The van der Waals surface area contributed by atoms with Crippen molar-refractivity contribution in [3.63, 3.8) is 0 Å². The summed E-state index contributed by atoms with van der Waals surface area (Å²) in [6, 6.07) is 16.4. The highest BCUT2D eigenvalue weighted by atomic mass is 16.4. The fourth-order valence-electron chi connectivity index (χ4n) is 3.72. The first-order valence-electron chi connectivity index (χ1n) is 9.17. The van der Waals surface area contributed by atoms with Crippen molar-refractivity contribution in [1.82, 2.24) is 14.9 Å². The molecule has 2 N–H and O–H groups in total. The maximum absolute atomic E-state index is 11.2. The van der Waals surface area contributed by atoms with Gasteiger partial charge in [-0.05, 0) is 42.2 Å². The molecule has 6 heteroatoms. The number of benzene rings is 2. The van der Waals surface area contributed by atoms with E-state index in [0.717, 1.165) is 17.7 Å². The van der Waals surface area contributed by atoms with Gasteiger partial charge in [0.25, 0.3) is 0 Å². The van der Waals surface area contributed by atoms with Crippen LogP contribution < -0.4 is 5.32 Å². The van der Waals surface area contributed by atoms with Crippen LogP contribution in [-0.2, 0) is 0 Å². The van der Waals surface area contributed by atoms with Crippen LogP contribution in [-0.4, -0.2) is 45.2 Å². The number of carbonyl (C=O) groups is 1. The Morgan fingerprint density at radius 2 is 2.04 bits per heavy atom. The van der Waals surface area contributed by atoms with Crippen molar-refractivity contribution in [2.75, 3.05) is 18.4 Å². The van der Waals surface area contributed by atoms with E-state index in [4.69, 9.17) is 0 Å². The van der Waals surface area contributed by atoms with Crippen LogP contribution >= 0.6 is 0 Å². The summed E-state index contributed by atoms with van der Waals surface area (Å²) in [7, 11) is 0. The van der Waals surface area contributed by atoms with E-state index in [1.807, 2.05) is 25.1 Å². The van der Waals surface area contributed by atoms with Crippen LogP contribution in [0.1, 0.15) is 13.3 Å². The Morgan fingerprint density at radius 3 is 2.81 bits per heavy atom. The molecule has 0 bridgehead atoms. The molecule has 1 amide bonds. The van der Waals surface area contributed by atoms with Crippen molar-refractivity contribution in [3.05, 3.63) is 54.7 Å². The molecule has 1 fully saturated rings. The van der Waals surface area contributed by atoms with Gasteiger partial charge in [0.15, 0.2) is 0 Å². The number of fused-ring (bicyclic) bond motifs is 1. The third kappa shape index (κ3) is 3.56. The van der Waals surface area contributed by atoms with Gasteiger partial charge in [0.05, 0.1) is 5.69 Å². The molecule has 2 atom stereocenters. The highest BCUT2D eigenvalue weighted by Crippen LogP contribution is 2.25. The fraction of sp³-hybridized carbons (Fsp3) is 0.286. The second kappa shape index (κ2) is 7.23. The monoisotopic (exact) mass is 362 g/mol. The molecular formula is C21H22N4O2. The molecule has 1 aromatic heterocycles. The minimum atomic E-state index is -0.848. The normalized spacial score (nSPS) is 19.4. The summed E-state index contributed by atoms with van der Waals surface area (Å²) in [4.78, 5) is 21.7. The Kier molecular flexibility index (Phi) is 4.62. The number of hydrogen-bond acceptors (Lipinski definition) is 4. The minimum absolute atomic E-state index is 0.00123. The van der Waals surface area contributed by atoms with Gasteiger partial charge in [-0.2, -0.15) is 0 Å². The summed E-state index contributed by atoms with van der Waals surface area (Å²) in [6.45, 7) is 3.20. The van der Waals surface area contributed by atoms with Gasteiger partial charge in [0.1, 0.15) is 0 Å². The van der Waals surface area contributed by atoms with E-state index in [-0.39, 0.29) is 12.0 Å². The molecule has 3 aromatic rings. The van der Waals surface area contributed by atoms with Gasteiger partial charge in [-0.15, -0.1) is 0 Å². The van der Waals surface area contributed by atoms with Crippen molar-refractivity contribution in [2.45, 2.75) is 19.4 Å². The number of carboxylic acid groups (broad SMARTS) is 1. The Morgan fingerprint density at radius 1 is 1.22 bits per heavy atom. The molecule has 0 aliphatic carbocycles. The smallest absolute Gasteiger partial charge is 0.407 e. The van der Waals surface area contributed by atoms with Gasteiger partial charge in [-0.3, -0.25) is 0 Å². The average Bonchev–Trinajstić information content (AvgIpc) is 3.07. The summed E-state index contributed by atoms with van der Waals surface area (Å²) in [5, 5.41) is 14.9. The fourth-order valence-corrected chi connectivity index (χ4v) is 3.72. The van der Waals surface area contributed by atoms with E-state index in [2.05, 4.69) is 45.6 Å². The SMILES string of the molecule is CC1[C@H](CNc2nccc(-c3ccc4ccccc4c3)n2)CCN1C(=O)O. The second-order valence-corrected chi connectivity index (χ2v) is 6.97. The lowest BCUT2D eigenvalue weighted by molar-refractivity contribution is 0.139. The maximum Gasteiger partial charge on any atom is 0.407 e. The maximum atomic E-state index is 11.2. The molecule has 27 heavy (non-hydrogen) atoms. The van der Waals surface area contributed by atoms with E-state index in [1.165, 1.54) is 15.7 Å². The molecule has 2 aromatic carbocycles. The summed E-state index contributed by atoms with van der Waals surface area (Å²) < 4.78 is 0. The molecule has 0 saturated carbocycles. The first-order valence-corrected chi connectivity index (χ1v) is 9.17. The molecule has 2 heterocycles. The standard InChI is InChI=1S/C21H22N4O2/c1-14-18(9-11-25(14)21(26)27)13-23-20-22-10-8-19(24-20)17-7-6-15-4-2-3-5-16(15)12-17/h2-8,10,12,14,18H,9,11,13H2,1H3,(H,26,27)(H,22,23,24)/t14?,18-/m0/s1. The van der Waals surface area contributed by atoms with Crippen LogP contribution in [0.4, 0.5) is 10.7 Å². The molecule has 1 saturated heterocycles. The van der Waals surface area contributed by atoms with E-state index in [0.29, 0.717) is 19.0 Å².